The maximum absolute atomic E-state index is 13.4. The molecule has 0 aliphatic carbocycles. The summed E-state index contributed by atoms with van der Waals surface area (Å²) in [7, 11) is 0. The maximum Gasteiger partial charge on any atom is 0.270 e. The highest BCUT2D eigenvalue weighted by atomic mass is 16.5. The number of nitrogens with one attached hydrogen (secondary N) is 1. The minimum absolute atomic E-state index is 0.00736. The standard InChI is InChI=1S/C24H30N4O3/c1-2-31-21-5-4-20-16-23(26-22(20)17-21)24(29)28(18-19-6-8-25-9-7-19)11-3-10-27-12-14-30-15-13-27/h4-9,16-17,26H,2-3,10-15,18H2,1H3. The van der Waals surface area contributed by atoms with E-state index in [1.54, 1.807) is 12.4 Å². The van der Waals surface area contributed by atoms with Crippen LogP contribution in [-0.4, -0.2) is 71.7 Å². The van der Waals surface area contributed by atoms with Crippen molar-refractivity contribution in [3.63, 3.8) is 0 Å². The fourth-order valence-electron chi connectivity index (χ4n) is 3.92. The summed E-state index contributed by atoms with van der Waals surface area (Å²) >= 11 is 0. The molecule has 7 nitrogen and oxygen atoms in total. The van der Waals surface area contributed by atoms with Gasteiger partial charge in [0.2, 0.25) is 0 Å². The largest absolute Gasteiger partial charge is 0.494 e. The quantitative estimate of drug-likeness (QED) is 0.573. The van der Waals surface area contributed by atoms with Gasteiger partial charge in [-0.1, -0.05) is 0 Å². The highest BCUT2D eigenvalue weighted by Gasteiger charge is 2.19. The zero-order valence-electron chi connectivity index (χ0n) is 18.0. The molecule has 164 valence electrons. The van der Waals surface area contributed by atoms with Gasteiger partial charge in [0.15, 0.2) is 0 Å². The number of pyridine rings is 1. The van der Waals surface area contributed by atoms with Crippen molar-refractivity contribution in [3.05, 3.63) is 60.0 Å². The van der Waals surface area contributed by atoms with Crippen LogP contribution in [0.5, 0.6) is 5.75 Å². The number of benzene rings is 1. The molecule has 0 bridgehead atoms. The van der Waals surface area contributed by atoms with Gasteiger partial charge in [-0.3, -0.25) is 14.7 Å². The molecule has 1 saturated heterocycles. The summed E-state index contributed by atoms with van der Waals surface area (Å²) in [5.74, 6) is 0.808. The number of fused-ring (bicyclic) bond motifs is 1. The van der Waals surface area contributed by atoms with Crippen LogP contribution in [0.3, 0.4) is 0 Å². The van der Waals surface area contributed by atoms with Crippen molar-refractivity contribution in [3.8, 4) is 5.75 Å². The molecule has 1 fully saturated rings. The fraction of sp³-hybridized carbons (Fsp3) is 0.417. The number of hydrogen-bond donors (Lipinski definition) is 1. The van der Waals surface area contributed by atoms with E-state index < -0.39 is 0 Å². The Morgan fingerprint density at radius 1 is 1.19 bits per heavy atom. The highest BCUT2D eigenvalue weighted by Crippen LogP contribution is 2.23. The molecule has 4 rings (SSSR count). The third kappa shape index (κ3) is 5.62. The van der Waals surface area contributed by atoms with E-state index in [2.05, 4.69) is 14.9 Å². The number of nitrogens with zero attached hydrogens (tertiary/aromatic N) is 3. The number of amides is 1. The van der Waals surface area contributed by atoms with Crippen LogP contribution in [0.25, 0.3) is 10.9 Å². The Balaban J connectivity index is 1.48. The molecule has 3 heterocycles. The molecule has 0 spiro atoms. The molecular weight excluding hydrogens is 392 g/mol. The van der Waals surface area contributed by atoms with Crippen LogP contribution in [0.1, 0.15) is 29.4 Å². The summed E-state index contributed by atoms with van der Waals surface area (Å²) in [5.41, 5.74) is 2.58. The molecule has 0 radical (unpaired) electrons. The number of morpholine rings is 1. The number of aromatic nitrogens is 2. The Bertz CT molecular complexity index is 983. The van der Waals surface area contributed by atoms with Crippen LogP contribution < -0.4 is 4.74 Å². The van der Waals surface area contributed by atoms with Crippen molar-refractivity contribution in [1.82, 2.24) is 19.8 Å². The van der Waals surface area contributed by atoms with Gasteiger partial charge in [-0.15, -0.1) is 0 Å². The molecular formula is C24H30N4O3. The SMILES string of the molecule is CCOc1ccc2cc(C(=O)N(CCCN3CCOCC3)Cc3ccncc3)[nH]c2c1. The van der Waals surface area contributed by atoms with E-state index in [0.29, 0.717) is 25.4 Å². The summed E-state index contributed by atoms with van der Waals surface area (Å²) in [5, 5.41) is 1.00. The number of rotatable bonds is 9. The first-order valence-electron chi connectivity index (χ1n) is 11.0. The lowest BCUT2D eigenvalue weighted by atomic mass is 10.2. The zero-order chi connectivity index (χ0) is 21.5. The minimum Gasteiger partial charge on any atom is -0.494 e. The smallest absolute Gasteiger partial charge is 0.270 e. The van der Waals surface area contributed by atoms with Gasteiger partial charge in [-0.25, -0.2) is 0 Å². The fourth-order valence-corrected chi connectivity index (χ4v) is 3.92. The molecule has 1 amide bonds. The van der Waals surface area contributed by atoms with Gasteiger partial charge in [0.25, 0.3) is 5.91 Å². The lowest BCUT2D eigenvalue weighted by Gasteiger charge is -2.28. The number of carbonyl (C=O) groups is 1. The first-order valence-corrected chi connectivity index (χ1v) is 11.0. The van der Waals surface area contributed by atoms with E-state index in [-0.39, 0.29) is 5.91 Å². The zero-order valence-corrected chi connectivity index (χ0v) is 18.0. The van der Waals surface area contributed by atoms with Gasteiger partial charge < -0.3 is 19.4 Å². The second-order valence-electron chi connectivity index (χ2n) is 7.75. The van der Waals surface area contributed by atoms with Gasteiger partial charge in [0, 0.05) is 62.1 Å². The number of H-pyrrole nitrogens is 1. The number of ether oxygens (including phenoxy) is 2. The van der Waals surface area contributed by atoms with E-state index in [1.807, 2.05) is 48.2 Å². The van der Waals surface area contributed by atoms with Crippen molar-refractivity contribution in [2.75, 3.05) is 46.0 Å². The monoisotopic (exact) mass is 422 g/mol. The van der Waals surface area contributed by atoms with Crippen LogP contribution in [0, 0.1) is 0 Å². The molecule has 31 heavy (non-hydrogen) atoms. The third-order valence-electron chi connectivity index (χ3n) is 5.55. The van der Waals surface area contributed by atoms with Gasteiger partial charge in [0.1, 0.15) is 11.4 Å². The van der Waals surface area contributed by atoms with Crippen LogP contribution >= 0.6 is 0 Å². The van der Waals surface area contributed by atoms with Gasteiger partial charge in [-0.2, -0.15) is 0 Å². The number of hydrogen-bond acceptors (Lipinski definition) is 5. The molecule has 3 aromatic rings. The van der Waals surface area contributed by atoms with Crippen LogP contribution in [0.15, 0.2) is 48.8 Å². The average molecular weight is 423 g/mol. The Morgan fingerprint density at radius 2 is 2.00 bits per heavy atom. The summed E-state index contributed by atoms with van der Waals surface area (Å²) in [4.78, 5) is 25.1. The van der Waals surface area contributed by atoms with Gasteiger partial charge in [0.05, 0.1) is 19.8 Å². The molecule has 0 atom stereocenters. The summed E-state index contributed by atoms with van der Waals surface area (Å²) in [6.45, 7) is 8.29. The Labute approximate surface area is 183 Å². The van der Waals surface area contributed by atoms with Crippen molar-refractivity contribution in [2.24, 2.45) is 0 Å². The lowest BCUT2D eigenvalue weighted by Crippen LogP contribution is -2.39. The topological polar surface area (TPSA) is 70.7 Å². The molecule has 1 aliphatic heterocycles. The summed E-state index contributed by atoms with van der Waals surface area (Å²) < 4.78 is 11.0. The summed E-state index contributed by atoms with van der Waals surface area (Å²) in [6.07, 6.45) is 4.46. The first kappa shape index (κ1) is 21.3. The highest BCUT2D eigenvalue weighted by molar-refractivity contribution is 5.98. The van der Waals surface area contributed by atoms with E-state index in [4.69, 9.17) is 9.47 Å². The van der Waals surface area contributed by atoms with Crippen LogP contribution in [0.2, 0.25) is 0 Å². The summed E-state index contributed by atoms with van der Waals surface area (Å²) in [6, 6.07) is 11.7. The molecule has 1 aliphatic rings. The van der Waals surface area contributed by atoms with Crippen molar-refractivity contribution >= 4 is 16.8 Å². The predicted molar refractivity (Wildman–Crippen MR) is 120 cm³/mol. The van der Waals surface area contributed by atoms with Crippen LogP contribution in [-0.2, 0) is 11.3 Å². The van der Waals surface area contributed by atoms with Crippen LogP contribution in [0.4, 0.5) is 0 Å². The Kier molecular flexibility index (Phi) is 7.17. The van der Waals surface area contributed by atoms with Crippen molar-refractivity contribution in [1.29, 1.82) is 0 Å². The average Bonchev–Trinajstić information content (AvgIpc) is 3.23. The molecule has 2 aromatic heterocycles. The van der Waals surface area contributed by atoms with Gasteiger partial charge >= 0.3 is 0 Å². The second kappa shape index (κ2) is 10.4. The molecule has 1 aromatic carbocycles. The number of aromatic amines is 1. The van der Waals surface area contributed by atoms with Crippen molar-refractivity contribution in [2.45, 2.75) is 19.9 Å². The molecule has 0 saturated carbocycles. The third-order valence-corrected chi connectivity index (χ3v) is 5.55. The Morgan fingerprint density at radius 3 is 2.77 bits per heavy atom. The Hall–Kier alpha value is -2.90. The van der Waals surface area contributed by atoms with Crippen molar-refractivity contribution < 1.29 is 14.3 Å². The van der Waals surface area contributed by atoms with E-state index in [1.165, 1.54) is 0 Å². The number of carbonyl (C=O) groups excluding carboxylic acids is 1. The maximum atomic E-state index is 13.4. The van der Waals surface area contributed by atoms with Gasteiger partial charge in [-0.05, 0) is 49.2 Å². The predicted octanol–water partition coefficient (Wildman–Crippen LogP) is 3.33. The normalized spacial score (nSPS) is 14.6. The first-order chi connectivity index (χ1) is 15.2. The van der Waals surface area contributed by atoms with E-state index in [0.717, 1.165) is 61.5 Å². The molecule has 0 unspecified atom stereocenters. The minimum atomic E-state index is 0.00736. The van der Waals surface area contributed by atoms with E-state index >= 15 is 0 Å². The second-order valence-corrected chi connectivity index (χ2v) is 7.75. The lowest BCUT2D eigenvalue weighted by molar-refractivity contribution is 0.0355. The van der Waals surface area contributed by atoms with E-state index in [9.17, 15) is 4.79 Å². The molecule has 7 heteroatoms. The molecule has 1 N–H and O–H groups in total.